The number of hydrogen-bond acceptors (Lipinski definition) is 3. The van der Waals surface area contributed by atoms with E-state index in [0.717, 1.165) is 11.1 Å². The molecule has 4 heteroatoms. The van der Waals surface area contributed by atoms with Crippen LogP contribution in [0, 0.1) is 5.82 Å². The smallest absolute Gasteiger partial charge is 0.222 e. The molecule has 19 heavy (non-hydrogen) atoms. The maximum absolute atomic E-state index is 13.9. The highest BCUT2D eigenvalue weighted by molar-refractivity contribution is 5.72. The number of hydrogen-bond donors (Lipinski definition) is 1. The molecule has 0 unspecified atom stereocenters. The first-order valence-electron chi connectivity index (χ1n) is 5.81. The Kier molecular flexibility index (Phi) is 2.76. The molecule has 0 aliphatic rings. The molecule has 0 fully saturated rings. The molecule has 3 nitrogen and oxygen atoms in total. The van der Waals surface area contributed by atoms with Crippen molar-refractivity contribution in [2.24, 2.45) is 0 Å². The van der Waals surface area contributed by atoms with Gasteiger partial charge in [-0.15, -0.1) is 0 Å². The fourth-order valence-electron chi connectivity index (χ4n) is 1.95. The van der Waals surface area contributed by atoms with Crippen molar-refractivity contribution in [2.45, 2.75) is 0 Å². The fraction of sp³-hybridized carbons (Fsp3) is 0. The molecule has 1 aromatic heterocycles. The van der Waals surface area contributed by atoms with Gasteiger partial charge < -0.3 is 10.3 Å². The zero-order valence-corrected chi connectivity index (χ0v) is 10.0. The Labute approximate surface area is 109 Å². The van der Waals surface area contributed by atoms with Crippen LogP contribution in [0.25, 0.3) is 22.4 Å². The molecule has 0 saturated heterocycles. The van der Waals surface area contributed by atoms with Crippen LogP contribution in [0.3, 0.4) is 0 Å². The quantitative estimate of drug-likeness (QED) is 0.758. The third kappa shape index (κ3) is 2.20. The molecule has 0 aliphatic heterocycles. The highest BCUT2D eigenvalue weighted by Gasteiger charge is 2.09. The molecule has 0 radical (unpaired) electrons. The van der Waals surface area contributed by atoms with Crippen LogP contribution in [-0.2, 0) is 0 Å². The SMILES string of the molecule is Nc1cc(-c2ccc(F)c(-c3ccccc3)c2)no1. The number of nitrogens with zero attached hydrogens (tertiary/aromatic N) is 1. The van der Waals surface area contributed by atoms with Crippen molar-refractivity contribution in [3.63, 3.8) is 0 Å². The molecule has 2 aromatic carbocycles. The molecule has 94 valence electrons. The summed E-state index contributed by atoms with van der Waals surface area (Å²) < 4.78 is 18.7. The van der Waals surface area contributed by atoms with E-state index in [1.807, 2.05) is 30.3 Å². The van der Waals surface area contributed by atoms with Crippen molar-refractivity contribution in [3.05, 3.63) is 60.4 Å². The molecule has 0 saturated carbocycles. The van der Waals surface area contributed by atoms with Gasteiger partial charge in [0.25, 0.3) is 0 Å². The Hall–Kier alpha value is -2.62. The summed E-state index contributed by atoms with van der Waals surface area (Å²) in [5, 5.41) is 3.83. The fourth-order valence-corrected chi connectivity index (χ4v) is 1.95. The minimum Gasteiger partial charge on any atom is -0.368 e. The normalized spacial score (nSPS) is 10.6. The Morgan fingerprint density at radius 1 is 0.947 bits per heavy atom. The van der Waals surface area contributed by atoms with Gasteiger partial charge in [-0.3, -0.25) is 0 Å². The summed E-state index contributed by atoms with van der Waals surface area (Å²) in [6.07, 6.45) is 0. The number of nitrogen functional groups attached to an aromatic ring is 1. The van der Waals surface area contributed by atoms with Gasteiger partial charge in [-0.1, -0.05) is 35.5 Å². The van der Waals surface area contributed by atoms with Gasteiger partial charge in [-0.05, 0) is 23.8 Å². The minimum atomic E-state index is -0.272. The van der Waals surface area contributed by atoms with E-state index in [0.29, 0.717) is 11.3 Å². The molecule has 0 spiro atoms. The van der Waals surface area contributed by atoms with Crippen LogP contribution in [0.4, 0.5) is 10.3 Å². The maximum atomic E-state index is 13.9. The van der Waals surface area contributed by atoms with Gasteiger partial charge in [-0.2, -0.15) is 0 Å². The van der Waals surface area contributed by atoms with Gasteiger partial charge in [0.15, 0.2) is 0 Å². The summed E-state index contributed by atoms with van der Waals surface area (Å²) in [5.41, 5.74) is 8.19. The van der Waals surface area contributed by atoms with Gasteiger partial charge in [0.1, 0.15) is 11.5 Å². The van der Waals surface area contributed by atoms with Crippen LogP contribution >= 0.6 is 0 Å². The van der Waals surface area contributed by atoms with Crippen LogP contribution < -0.4 is 5.73 Å². The highest BCUT2D eigenvalue weighted by atomic mass is 19.1. The second kappa shape index (κ2) is 4.57. The number of rotatable bonds is 2. The van der Waals surface area contributed by atoms with Gasteiger partial charge >= 0.3 is 0 Å². The van der Waals surface area contributed by atoms with E-state index in [1.54, 1.807) is 18.2 Å². The molecule has 2 N–H and O–H groups in total. The van der Waals surface area contributed by atoms with Crippen LogP contribution in [0.5, 0.6) is 0 Å². The molecule has 0 atom stereocenters. The van der Waals surface area contributed by atoms with Gasteiger partial charge in [0.2, 0.25) is 5.88 Å². The lowest BCUT2D eigenvalue weighted by Gasteiger charge is -2.05. The summed E-state index contributed by atoms with van der Waals surface area (Å²) in [6, 6.07) is 15.8. The Morgan fingerprint density at radius 2 is 1.74 bits per heavy atom. The molecule has 1 heterocycles. The lowest BCUT2D eigenvalue weighted by atomic mass is 10.0. The number of aromatic nitrogens is 1. The van der Waals surface area contributed by atoms with Gasteiger partial charge in [0, 0.05) is 17.2 Å². The third-order valence-electron chi connectivity index (χ3n) is 2.88. The molecular weight excluding hydrogens is 243 g/mol. The van der Waals surface area contributed by atoms with Crippen LogP contribution in [0.1, 0.15) is 0 Å². The van der Waals surface area contributed by atoms with Crippen LogP contribution in [-0.4, -0.2) is 5.16 Å². The van der Waals surface area contributed by atoms with E-state index in [1.165, 1.54) is 6.07 Å². The van der Waals surface area contributed by atoms with Crippen LogP contribution in [0.15, 0.2) is 59.1 Å². The average molecular weight is 254 g/mol. The molecule has 0 aliphatic carbocycles. The maximum Gasteiger partial charge on any atom is 0.222 e. The molecule has 3 aromatic rings. The van der Waals surface area contributed by atoms with E-state index >= 15 is 0 Å². The predicted molar refractivity (Wildman–Crippen MR) is 71.7 cm³/mol. The van der Waals surface area contributed by atoms with E-state index in [9.17, 15) is 4.39 Å². The largest absolute Gasteiger partial charge is 0.368 e. The molecular formula is C15H11FN2O. The second-order valence-corrected chi connectivity index (χ2v) is 4.18. The lowest BCUT2D eigenvalue weighted by Crippen LogP contribution is -1.86. The second-order valence-electron chi connectivity index (χ2n) is 4.18. The predicted octanol–water partition coefficient (Wildman–Crippen LogP) is 3.73. The summed E-state index contributed by atoms with van der Waals surface area (Å²) in [6.45, 7) is 0. The lowest BCUT2D eigenvalue weighted by molar-refractivity contribution is 0.439. The van der Waals surface area contributed by atoms with Crippen molar-refractivity contribution < 1.29 is 8.91 Å². The highest BCUT2D eigenvalue weighted by Crippen LogP contribution is 2.28. The molecule has 0 bridgehead atoms. The van der Waals surface area contributed by atoms with Crippen molar-refractivity contribution in [1.82, 2.24) is 5.16 Å². The summed E-state index contributed by atoms with van der Waals surface area (Å²) >= 11 is 0. The molecule has 3 rings (SSSR count). The van der Waals surface area contributed by atoms with Crippen molar-refractivity contribution in [1.29, 1.82) is 0 Å². The number of benzene rings is 2. The molecule has 0 amide bonds. The Bertz CT molecular complexity index is 707. The zero-order valence-electron chi connectivity index (χ0n) is 10.0. The summed E-state index contributed by atoms with van der Waals surface area (Å²) in [4.78, 5) is 0. The number of halogens is 1. The average Bonchev–Trinajstić information content (AvgIpc) is 2.87. The first kappa shape index (κ1) is 11.5. The van der Waals surface area contributed by atoms with E-state index in [2.05, 4.69) is 5.16 Å². The Balaban J connectivity index is 2.11. The Morgan fingerprint density at radius 3 is 2.42 bits per heavy atom. The number of nitrogens with two attached hydrogens (primary N) is 1. The van der Waals surface area contributed by atoms with Crippen molar-refractivity contribution in [2.75, 3.05) is 5.73 Å². The number of anilines is 1. The minimum absolute atomic E-state index is 0.237. The van der Waals surface area contributed by atoms with Crippen molar-refractivity contribution in [3.8, 4) is 22.4 Å². The topological polar surface area (TPSA) is 52.0 Å². The van der Waals surface area contributed by atoms with E-state index in [4.69, 9.17) is 10.3 Å². The van der Waals surface area contributed by atoms with E-state index in [-0.39, 0.29) is 11.7 Å². The monoisotopic (exact) mass is 254 g/mol. The standard InChI is InChI=1S/C15H11FN2O/c16-13-7-6-11(14-9-15(17)19-18-14)8-12(13)10-4-2-1-3-5-10/h1-9H,17H2. The van der Waals surface area contributed by atoms with Crippen LogP contribution in [0.2, 0.25) is 0 Å². The van der Waals surface area contributed by atoms with E-state index < -0.39 is 0 Å². The summed E-state index contributed by atoms with van der Waals surface area (Å²) in [5.74, 6) is -0.0352. The van der Waals surface area contributed by atoms with Gasteiger partial charge in [0.05, 0.1) is 0 Å². The summed E-state index contributed by atoms with van der Waals surface area (Å²) in [7, 11) is 0. The van der Waals surface area contributed by atoms with Gasteiger partial charge in [-0.25, -0.2) is 4.39 Å². The first-order valence-corrected chi connectivity index (χ1v) is 5.81. The zero-order chi connectivity index (χ0) is 13.2. The third-order valence-corrected chi connectivity index (χ3v) is 2.88. The van der Waals surface area contributed by atoms with Crippen molar-refractivity contribution >= 4 is 5.88 Å². The first-order chi connectivity index (χ1) is 9.24.